The SMILES string of the molecule is CC(=O)O[C@H]1CC[C@@]2(C)C(=CC[C@H]3[C@H]2CC[C@]2(C)[C@H](C(=O)O)CC[C@@H]32)C1. The van der Waals surface area contributed by atoms with Crippen molar-refractivity contribution in [2.24, 2.45) is 34.5 Å². The number of fused-ring (bicyclic) bond motifs is 5. The Kier molecular flexibility index (Phi) is 4.24. The summed E-state index contributed by atoms with van der Waals surface area (Å²) in [7, 11) is 0. The van der Waals surface area contributed by atoms with E-state index in [1.165, 1.54) is 12.5 Å². The van der Waals surface area contributed by atoms with Gasteiger partial charge in [0, 0.05) is 13.3 Å². The lowest BCUT2D eigenvalue weighted by Gasteiger charge is -2.57. The minimum absolute atomic E-state index is 0.0242. The summed E-state index contributed by atoms with van der Waals surface area (Å²) in [6.45, 7) is 6.17. The van der Waals surface area contributed by atoms with E-state index in [1.807, 2.05) is 0 Å². The summed E-state index contributed by atoms with van der Waals surface area (Å²) in [5, 5.41) is 9.70. The number of hydrogen-bond acceptors (Lipinski definition) is 3. The van der Waals surface area contributed by atoms with E-state index in [2.05, 4.69) is 19.9 Å². The number of carboxylic acids is 1. The summed E-state index contributed by atoms with van der Waals surface area (Å²) in [4.78, 5) is 23.1. The molecule has 0 aromatic carbocycles. The van der Waals surface area contributed by atoms with Crippen LogP contribution in [0.5, 0.6) is 0 Å². The molecule has 26 heavy (non-hydrogen) atoms. The van der Waals surface area contributed by atoms with Crippen molar-refractivity contribution in [1.82, 2.24) is 0 Å². The fraction of sp³-hybridized carbons (Fsp3) is 0.818. The third-order valence-electron chi connectivity index (χ3n) is 8.69. The third-order valence-corrected chi connectivity index (χ3v) is 8.69. The Bertz CT molecular complexity index is 653. The molecule has 4 nitrogen and oxygen atoms in total. The molecule has 0 unspecified atom stereocenters. The van der Waals surface area contributed by atoms with Crippen LogP contribution in [0.2, 0.25) is 0 Å². The quantitative estimate of drug-likeness (QED) is 0.578. The van der Waals surface area contributed by atoms with Gasteiger partial charge in [-0.05, 0) is 73.5 Å². The highest BCUT2D eigenvalue weighted by Gasteiger charge is 2.60. The molecular formula is C22H32O4. The topological polar surface area (TPSA) is 63.6 Å². The second-order valence-corrected chi connectivity index (χ2v) is 9.75. The van der Waals surface area contributed by atoms with Gasteiger partial charge in [0.25, 0.3) is 0 Å². The molecule has 0 bridgehead atoms. The van der Waals surface area contributed by atoms with Crippen LogP contribution in [-0.4, -0.2) is 23.1 Å². The molecule has 0 amide bonds. The van der Waals surface area contributed by atoms with Gasteiger partial charge in [-0.15, -0.1) is 0 Å². The van der Waals surface area contributed by atoms with Crippen molar-refractivity contribution >= 4 is 11.9 Å². The number of carbonyl (C=O) groups excluding carboxylic acids is 1. The number of allylic oxidation sites excluding steroid dienone is 1. The molecule has 7 atom stereocenters. The van der Waals surface area contributed by atoms with Gasteiger partial charge in [0.05, 0.1) is 5.92 Å². The van der Waals surface area contributed by atoms with Crippen LogP contribution in [0.3, 0.4) is 0 Å². The smallest absolute Gasteiger partial charge is 0.307 e. The summed E-state index contributed by atoms with van der Waals surface area (Å²) in [5.74, 6) is 0.901. The van der Waals surface area contributed by atoms with Crippen LogP contribution in [0.1, 0.15) is 72.1 Å². The molecule has 0 radical (unpaired) electrons. The zero-order valence-electron chi connectivity index (χ0n) is 16.3. The molecule has 0 heterocycles. The first-order valence-corrected chi connectivity index (χ1v) is 10.4. The Morgan fingerprint density at radius 1 is 1.12 bits per heavy atom. The molecule has 4 aliphatic carbocycles. The molecule has 3 fully saturated rings. The summed E-state index contributed by atoms with van der Waals surface area (Å²) in [6.07, 6.45) is 10.6. The Morgan fingerprint density at radius 3 is 2.58 bits per heavy atom. The van der Waals surface area contributed by atoms with E-state index in [0.717, 1.165) is 51.4 Å². The first kappa shape index (κ1) is 18.1. The van der Waals surface area contributed by atoms with Crippen LogP contribution in [0.15, 0.2) is 11.6 Å². The largest absolute Gasteiger partial charge is 0.481 e. The van der Waals surface area contributed by atoms with Gasteiger partial charge in [-0.25, -0.2) is 0 Å². The molecule has 0 aliphatic heterocycles. The highest BCUT2D eigenvalue weighted by molar-refractivity contribution is 5.71. The zero-order chi connectivity index (χ0) is 18.7. The number of carboxylic acid groups (broad SMARTS) is 1. The predicted molar refractivity (Wildman–Crippen MR) is 98.4 cm³/mol. The number of rotatable bonds is 2. The Morgan fingerprint density at radius 2 is 1.88 bits per heavy atom. The number of hydrogen-bond donors (Lipinski definition) is 1. The summed E-state index contributed by atoms with van der Waals surface area (Å²) < 4.78 is 5.50. The Labute approximate surface area is 156 Å². The maximum Gasteiger partial charge on any atom is 0.307 e. The molecule has 0 aromatic heterocycles. The molecular weight excluding hydrogens is 328 g/mol. The summed E-state index contributed by atoms with van der Waals surface area (Å²) in [5.41, 5.74) is 1.68. The average molecular weight is 360 g/mol. The first-order valence-electron chi connectivity index (χ1n) is 10.4. The molecule has 4 aliphatic rings. The zero-order valence-corrected chi connectivity index (χ0v) is 16.3. The molecule has 1 N–H and O–H groups in total. The van der Waals surface area contributed by atoms with Gasteiger partial charge in [-0.3, -0.25) is 9.59 Å². The lowest BCUT2D eigenvalue weighted by molar-refractivity contribution is -0.151. The van der Waals surface area contributed by atoms with Gasteiger partial charge in [0.2, 0.25) is 0 Å². The van der Waals surface area contributed by atoms with E-state index in [9.17, 15) is 14.7 Å². The van der Waals surface area contributed by atoms with E-state index in [4.69, 9.17) is 4.74 Å². The molecule has 0 spiro atoms. The van der Waals surface area contributed by atoms with Crippen LogP contribution in [0.25, 0.3) is 0 Å². The Balaban J connectivity index is 1.59. The monoisotopic (exact) mass is 360 g/mol. The highest BCUT2D eigenvalue weighted by atomic mass is 16.5. The number of aliphatic carboxylic acids is 1. The van der Waals surface area contributed by atoms with Gasteiger partial charge in [0.15, 0.2) is 0 Å². The number of carbonyl (C=O) groups is 2. The van der Waals surface area contributed by atoms with Crippen molar-refractivity contribution < 1.29 is 19.4 Å². The van der Waals surface area contributed by atoms with Gasteiger partial charge in [-0.1, -0.05) is 25.5 Å². The lowest BCUT2D eigenvalue weighted by atomic mass is 9.47. The fourth-order valence-electron chi connectivity index (χ4n) is 7.37. The van der Waals surface area contributed by atoms with Crippen molar-refractivity contribution in [2.45, 2.75) is 78.2 Å². The molecule has 4 rings (SSSR count). The van der Waals surface area contributed by atoms with Crippen LogP contribution in [0, 0.1) is 34.5 Å². The average Bonchev–Trinajstić information content (AvgIpc) is 2.92. The number of ether oxygens (including phenoxy) is 1. The van der Waals surface area contributed by atoms with Gasteiger partial charge < -0.3 is 9.84 Å². The van der Waals surface area contributed by atoms with Crippen molar-refractivity contribution in [3.63, 3.8) is 0 Å². The van der Waals surface area contributed by atoms with Gasteiger partial charge in [-0.2, -0.15) is 0 Å². The second kappa shape index (κ2) is 6.10. The molecule has 144 valence electrons. The van der Waals surface area contributed by atoms with Gasteiger partial charge >= 0.3 is 11.9 Å². The van der Waals surface area contributed by atoms with Crippen LogP contribution in [-0.2, 0) is 14.3 Å². The minimum Gasteiger partial charge on any atom is -0.481 e. The van der Waals surface area contributed by atoms with Crippen LogP contribution in [0.4, 0.5) is 0 Å². The molecule has 0 saturated heterocycles. The van der Waals surface area contributed by atoms with Crippen molar-refractivity contribution in [3.8, 4) is 0 Å². The maximum absolute atomic E-state index is 11.8. The van der Waals surface area contributed by atoms with Gasteiger partial charge in [0.1, 0.15) is 6.10 Å². The summed E-state index contributed by atoms with van der Waals surface area (Å²) >= 11 is 0. The molecule has 0 aromatic rings. The predicted octanol–water partition coefficient (Wildman–Crippen LogP) is 4.58. The van der Waals surface area contributed by atoms with E-state index in [1.54, 1.807) is 0 Å². The Hall–Kier alpha value is -1.32. The lowest BCUT2D eigenvalue weighted by Crippen LogP contribution is -2.51. The second-order valence-electron chi connectivity index (χ2n) is 9.75. The van der Waals surface area contributed by atoms with E-state index < -0.39 is 5.97 Å². The van der Waals surface area contributed by atoms with E-state index in [0.29, 0.717) is 17.8 Å². The highest BCUT2D eigenvalue weighted by Crippen LogP contribution is 2.66. The maximum atomic E-state index is 11.8. The van der Waals surface area contributed by atoms with Crippen molar-refractivity contribution in [2.75, 3.05) is 0 Å². The number of esters is 1. The molecule has 4 heteroatoms. The van der Waals surface area contributed by atoms with Crippen molar-refractivity contribution in [3.05, 3.63) is 11.6 Å². The van der Waals surface area contributed by atoms with Crippen LogP contribution < -0.4 is 0 Å². The molecule has 3 saturated carbocycles. The van der Waals surface area contributed by atoms with Crippen molar-refractivity contribution in [1.29, 1.82) is 0 Å². The summed E-state index contributed by atoms with van der Waals surface area (Å²) in [6, 6.07) is 0. The van der Waals surface area contributed by atoms with E-state index in [-0.39, 0.29) is 28.8 Å². The normalized spacial score (nSPS) is 47.2. The van der Waals surface area contributed by atoms with Crippen LogP contribution >= 0.6 is 0 Å². The third kappa shape index (κ3) is 2.55. The minimum atomic E-state index is -0.589. The first-order chi connectivity index (χ1) is 12.3. The fourth-order valence-corrected chi connectivity index (χ4v) is 7.37. The van der Waals surface area contributed by atoms with E-state index >= 15 is 0 Å². The standard InChI is InChI=1S/C22H32O4/c1-13(23)26-15-8-10-21(2)14(12-15)4-5-16-17-6-7-19(20(24)25)22(17,3)11-9-18(16)21/h4,15-19H,5-12H2,1-3H3,(H,24,25)/t15-,16+,17-,18+,19-,21-,22-/m0/s1.